The van der Waals surface area contributed by atoms with Gasteiger partial charge in [-0.25, -0.2) is 0 Å². The summed E-state index contributed by atoms with van der Waals surface area (Å²) in [4.78, 5) is 18.5. The molecule has 1 aliphatic carbocycles. The van der Waals surface area contributed by atoms with Crippen molar-refractivity contribution in [1.82, 2.24) is 4.90 Å². The van der Waals surface area contributed by atoms with Crippen molar-refractivity contribution in [3.05, 3.63) is 95.6 Å². The lowest BCUT2D eigenvalue weighted by Crippen LogP contribution is -2.51. The number of carbonyl (C=O) groups excluding carboxylic acids is 1. The van der Waals surface area contributed by atoms with Crippen LogP contribution in [0.3, 0.4) is 0 Å². The van der Waals surface area contributed by atoms with Crippen molar-refractivity contribution in [3.63, 3.8) is 0 Å². The molecular formula is C32H35N3O2. The summed E-state index contributed by atoms with van der Waals surface area (Å²) in [6.07, 6.45) is 6.94. The molecule has 3 aromatic carbocycles. The largest absolute Gasteiger partial charge is 0.497 e. The number of carbonyl (C=O) groups is 1. The van der Waals surface area contributed by atoms with Gasteiger partial charge < -0.3 is 9.64 Å². The molecule has 2 atom stereocenters. The second-order valence-corrected chi connectivity index (χ2v) is 10.2. The highest BCUT2D eigenvalue weighted by Gasteiger charge is 2.36. The molecule has 0 bridgehead atoms. The van der Waals surface area contributed by atoms with Gasteiger partial charge in [0, 0.05) is 42.5 Å². The van der Waals surface area contributed by atoms with E-state index in [0.29, 0.717) is 23.1 Å². The molecule has 2 aliphatic rings. The van der Waals surface area contributed by atoms with Crippen LogP contribution < -0.4 is 9.64 Å². The molecule has 0 unspecified atom stereocenters. The monoisotopic (exact) mass is 493 g/mol. The molecule has 0 radical (unpaired) electrons. The zero-order chi connectivity index (χ0) is 25.6. The third-order valence-electron chi connectivity index (χ3n) is 8.10. The zero-order valence-corrected chi connectivity index (χ0v) is 21.6. The molecule has 5 heteroatoms. The number of rotatable bonds is 6. The maximum atomic E-state index is 13.9. The van der Waals surface area contributed by atoms with E-state index in [9.17, 15) is 10.1 Å². The highest BCUT2D eigenvalue weighted by Crippen LogP contribution is 2.38. The van der Waals surface area contributed by atoms with E-state index in [-0.39, 0.29) is 11.9 Å². The van der Waals surface area contributed by atoms with Gasteiger partial charge in [-0.15, -0.1) is 0 Å². The number of nitriles is 1. The van der Waals surface area contributed by atoms with Crippen LogP contribution in [-0.4, -0.2) is 43.1 Å². The molecule has 1 aliphatic heterocycles. The first-order valence-electron chi connectivity index (χ1n) is 13.4. The SMILES string of the molecule is COc1cccc(N(C(=O)c2ccc(C#N)cc2)C2CCN([C@@H]3CCCC[C@@H]3c3ccccc3)CC2)c1. The van der Waals surface area contributed by atoms with Gasteiger partial charge in [-0.1, -0.05) is 49.2 Å². The van der Waals surface area contributed by atoms with E-state index >= 15 is 0 Å². The van der Waals surface area contributed by atoms with Crippen LogP contribution in [0.25, 0.3) is 0 Å². The first-order valence-corrected chi connectivity index (χ1v) is 13.4. The Hall–Kier alpha value is -3.62. The molecule has 5 rings (SSSR count). The van der Waals surface area contributed by atoms with Gasteiger partial charge >= 0.3 is 0 Å². The summed E-state index contributed by atoms with van der Waals surface area (Å²) in [6, 6.07) is 28.5. The smallest absolute Gasteiger partial charge is 0.258 e. The van der Waals surface area contributed by atoms with E-state index in [4.69, 9.17) is 4.74 Å². The Morgan fingerprint density at radius 3 is 2.35 bits per heavy atom. The third kappa shape index (κ3) is 5.55. The van der Waals surface area contributed by atoms with Crippen LogP contribution >= 0.6 is 0 Å². The van der Waals surface area contributed by atoms with Gasteiger partial charge in [-0.2, -0.15) is 5.26 Å². The molecule has 1 saturated heterocycles. The quantitative estimate of drug-likeness (QED) is 0.398. The van der Waals surface area contributed by atoms with Gasteiger partial charge in [0.15, 0.2) is 0 Å². The van der Waals surface area contributed by atoms with E-state index in [2.05, 4.69) is 41.3 Å². The van der Waals surface area contributed by atoms with Crippen molar-refractivity contribution in [3.8, 4) is 11.8 Å². The van der Waals surface area contributed by atoms with Crippen LogP contribution in [0.1, 0.15) is 65.9 Å². The molecule has 0 N–H and O–H groups in total. The highest BCUT2D eigenvalue weighted by molar-refractivity contribution is 6.06. The third-order valence-corrected chi connectivity index (χ3v) is 8.10. The molecule has 3 aromatic rings. The normalized spacial score (nSPS) is 20.6. The van der Waals surface area contributed by atoms with E-state index in [1.54, 1.807) is 31.4 Å². The average Bonchev–Trinajstić information content (AvgIpc) is 2.98. The number of nitrogens with zero attached hydrogens (tertiary/aromatic N) is 3. The lowest BCUT2D eigenvalue weighted by Gasteiger charge is -2.45. The van der Waals surface area contributed by atoms with Gasteiger partial charge in [0.25, 0.3) is 5.91 Å². The fraction of sp³-hybridized carbons (Fsp3) is 0.375. The Morgan fingerprint density at radius 1 is 0.919 bits per heavy atom. The summed E-state index contributed by atoms with van der Waals surface area (Å²) in [6.45, 7) is 1.97. The summed E-state index contributed by atoms with van der Waals surface area (Å²) in [5.41, 5.74) is 3.47. The molecule has 1 heterocycles. The van der Waals surface area contributed by atoms with Crippen LogP contribution in [-0.2, 0) is 0 Å². The van der Waals surface area contributed by atoms with Gasteiger partial charge in [0.05, 0.1) is 18.7 Å². The van der Waals surface area contributed by atoms with Crippen LogP contribution in [0.4, 0.5) is 5.69 Å². The van der Waals surface area contributed by atoms with Crippen molar-refractivity contribution < 1.29 is 9.53 Å². The summed E-state index contributed by atoms with van der Waals surface area (Å²) < 4.78 is 5.48. The maximum absolute atomic E-state index is 13.9. The lowest BCUT2D eigenvalue weighted by molar-refractivity contribution is 0.0895. The van der Waals surface area contributed by atoms with Gasteiger partial charge in [0.2, 0.25) is 0 Å². The van der Waals surface area contributed by atoms with Crippen LogP contribution in [0.2, 0.25) is 0 Å². The number of ether oxygens (including phenoxy) is 1. The molecule has 0 spiro atoms. The Balaban J connectivity index is 1.37. The molecule has 5 nitrogen and oxygen atoms in total. The first kappa shape index (κ1) is 25.0. The van der Waals surface area contributed by atoms with Gasteiger partial charge in [-0.05, 0) is 73.6 Å². The number of likely N-dealkylation sites (tertiary alicyclic amines) is 1. The number of hydrogen-bond acceptors (Lipinski definition) is 4. The second kappa shape index (κ2) is 11.6. The summed E-state index contributed by atoms with van der Waals surface area (Å²) >= 11 is 0. The van der Waals surface area contributed by atoms with Crippen molar-refractivity contribution in [1.29, 1.82) is 5.26 Å². The van der Waals surface area contributed by atoms with Crippen molar-refractivity contribution in [2.24, 2.45) is 0 Å². The first-order chi connectivity index (χ1) is 18.2. The minimum Gasteiger partial charge on any atom is -0.497 e. The van der Waals surface area contributed by atoms with Crippen molar-refractivity contribution >= 4 is 11.6 Å². The highest BCUT2D eigenvalue weighted by atomic mass is 16.5. The molecular weight excluding hydrogens is 458 g/mol. The van der Waals surface area contributed by atoms with Gasteiger partial charge in [-0.3, -0.25) is 9.69 Å². The summed E-state index contributed by atoms with van der Waals surface area (Å²) in [5, 5.41) is 9.18. The minimum absolute atomic E-state index is 0.0315. The second-order valence-electron chi connectivity index (χ2n) is 10.2. The summed E-state index contributed by atoms with van der Waals surface area (Å²) in [7, 11) is 1.65. The topological polar surface area (TPSA) is 56.6 Å². The van der Waals surface area contributed by atoms with Crippen molar-refractivity contribution in [2.75, 3.05) is 25.1 Å². The van der Waals surface area contributed by atoms with Crippen LogP contribution in [0, 0.1) is 11.3 Å². The molecule has 1 saturated carbocycles. The maximum Gasteiger partial charge on any atom is 0.258 e. The molecule has 0 aromatic heterocycles. The van der Waals surface area contributed by atoms with E-state index < -0.39 is 0 Å². The molecule has 37 heavy (non-hydrogen) atoms. The number of methoxy groups -OCH3 is 1. The van der Waals surface area contributed by atoms with E-state index in [0.717, 1.165) is 37.4 Å². The molecule has 2 fully saturated rings. The van der Waals surface area contributed by atoms with Crippen LogP contribution in [0.5, 0.6) is 5.75 Å². The number of piperidine rings is 1. The van der Waals surface area contributed by atoms with Crippen LogP contribution in [0.15, 0.2) is 78.9 Å². The number of benzene rings is 3. The number of anilines is 1. The number of hydrogen-bond donors (Lipinski definition) is 0. The molecule has 190 valence electrons. The Labute approximate surface area is 220 Å². The fourth-order valence-corrected chi connectivity index (χ4v) is 6.19. The van der Waals surface area contributed by atoms with E-state index in [1.807, 2.05) is 29.2 Å². The van der Waals surface area contributed by atoms with E-state index in [1.165, 1.54) is 31.2 Å². The predicted molar refractivity (Wildman–Crippen MR) is 147 cm³/mol. The van der Waals surface area contributed by atoms with Gasteiger partial charge in [0.1, 0.15) is 5.75 Å². The Kier molecular flexibility index (Phi) is 7.87. The van der Waals surface area contributed by atoms with Crippen molar-refractivity contribution in [2.45, 2.75) is 56.5 Å². The number of amides is 1. The Bertz CT molecular complexity index is 1230. The zero-order valence-electron chi connectivity index (χ0n) is 21.6. The predicted octanol–water partition coefficient (Wildman–Crippen LogP) is 6.40. The average molecular weight is 494 g/mol. The lowest BCUT2D eigenvalue weighted by atomic mass is 9.78. The standard InChI is InChI=1S/C32H35N3O2/c1-37-29-11-7-10-28(22-29)35(32(36)26-16-14-24(23-33)15-17-26)27-18-20-34(21-19-27)31-13-6-5-12-30(31)25-8-3-2-4-9-25/h2-4,7-11,14-17,22,27,30-31H,5-6,12-13,18-21H2,1H3/t30-,31-/m1/s1. The Morgan fingerprint density at radius 2 is 1.65 bits per heavy atom. The minimum atomic E-state index is -0.0315. The molecule has 1 amide bonds. The summed E-state index contributed by atoms with van der Waals surface area (Å²) in [5.74, 6) is 1.29. The fourth-order valence-electron chi connectivity index (χ4n) is 6.19.